The van der Waals surface area contributed by atoms with Crippen molar-refractivity contribution in [3.05, 3.63) is 59.7 Å². The van der Waals surface area contributed by atoms with Crippen molar-refractivity contribution in [1.29, 1.82) is 0 Å². The highest BCUT2D eigenvalue weighted by Gasteiger charge is 2.38. The van der Waals surface area contributed by atoms with E-state index in [9.17, 15) is 4.79 Å². The number of nitrogens with zero attached hydrogens (tertiary/aromatic N) is 1. The van der Waals surface area contributed by atoms with E-state index in [0.717, 1.165) is 61.0 Å². The summed E-state index contributed by atoms with van der Waals surface area (Å²) in [4.78, 5) is 15.9. The molecule has 0 radical (unpaired) electrons. The Morgan fingerprint density at radius 1 is 0.875 bits per heavy atom. The zero-order chi connectivity index (χ0) is 21.6. The number of methoxy groups -OCH3 is 2. The maximum absolute atomic E-state index is 13.5. The summed E-state index contributed by atoms with van der Waals surface area (Å²) in [5.74, 6) is -0.478. The van der Waals surface area contributed by atoms with Gasteiger partial charge in [0.05, 0.1) is 13.2 Å². The summed E-state index contributed by atoms with van der Waals surface area (Å²) in [5, 5.41) is 0. The molecule has 32 heavy (non-hydrogen) atoms. The molecule has 2 aromatic rings. The molecule has 0 heterocycles. The van der Waals surface area contributed by atoms with Crippen LogP contribution in [0.5, 0.6) is 0 Å². The van der Waals surface area contributed by atoms with Gasteiger partial charge in [0.1, 0.15) is 12.0 Å². The molecule has 2 aromatic carbocycles. The number of esters is 1. The molecule has 2 aliphatic carbocycles. The van der Waals surface area contributed by atoms with Crippen LogP contribution in [0.1, 0.15) is 42.7 Å². The van der Waals surface area contributed by atoms with E-state index in [4.69, 9.17) is 14.2 Å². The Hall–Kier alpha value is -1.92. The summed E-state index contributed by atoms with van der Waals surface area (Å²) in [7, 11) is 3.45. The third kappa shape index (κ3) is 5.18. The van der Waals surface area contributed by atoms with Crippen LogP contribution in [-0.2, 0) is 19.0 Å². The van der Waals surface area contributed by atoms with E-state index in [-0.39, 0.29) is 36.4 Å². The number of ether oxygens (including phenoxy) is 3. The fourth-order valence-electron chi connectivity index (χ4n) is 5.12. The van der Waals surface area contributed by atoms with Crippen molar-refractivity contribution in [1.82, 2.24) is 4.90 Å². The first-order valence-electron chi connectivity index (χ1n) is 11.3. The van der Waals surface area contributed by atoms with Crippen LogP contribution < -0.4 is 12.4 Å². The van der Waals surface area contributed by atoms with Crippen molar-refractivity contribution in [2.24, 2.45) is 0 Å². The Bertz CT molecular complexity index is 836. The molecule has 1 saturated carbocycles. The lowest BCUT2D eigenvalue weighted by atomic mass is 9.90. The van der Waals surface area contributed by atoms with Crippen LogP contribution in [0.3, 0.4) is 0 Å². The van der Waals surface area contributed by atoms with Crippen LogP contribution in [0, 0.1) is 0 Å². The minimum absolute atomic E-state index is 0. The van der Waals surface area contributed by atoms with E-state index in [2.05, 4.69) is 29.2 Å². The molecule has 1 fully saturated rings. The highest BCUT2D eigenvalue weighted by Crippen LogP contribution is 2.45. The summed E-state index contributed by atoms with van der Waals surface area (Å²) in [6.45, 7) is 2.94. The third-order valence-corrected chi connectivity index (χ3v) is 6.64. The number of halogens is 1. The first-order chi connectivity index (χ1) is 15.2. The first-order valence-corrected chi connectivity index (χ1v) is 11.3. The molecule has 0 saturated heterocycles. The van der Waals surface area contributed by atoms with Crippen molar-refractivity contribution in [2.75, 3.05) is 40.5 Å². The molecule has 2 aliphatic rings. The van der Waals surface area contributed by atoms with Gasteiger partial charge in [0, 0.05) is 33.4 Å². The monoisotopic (exact) mass is 458 g/mol. The third-order valence-electron chi connectivity index (χ3n) is 6.64. The van der Waals surface area contributed by atoms with Gasteiger partial charge in [-0.25, -0.2) is 0 Å². The average molecular weight is 459 g/mol. The molecular formula is C26H33ClNO4-. The van der Waals surface area contributed by atoms with Crippen LogP contribution in [0.25, 0.3) is 11.1 Å². The molecule has 0 aliphatic heterocycles. The van der Waals surface area contributed by atoms with Crippen LogP contribution in [-0.4, -0.2) is 63.5 Å². The van der Waals surface area contributed by atoms with Crippen molar-refractivity contribution in [3.8, 4) is 11.1 Å². The molecule has 0 amide bonds. The fraction of sp³-hybridized carbons (Fsp3) is 0.500. The largest absolute Gasteiger partial charge is 1.00 e. The van der Waals surface area contributed by atoms with E-state index < -0.39 is 0 Å². The smallest absolute Gasteiger partial charge is 0.318 e. The topological polar surface area (TPSA) is 48.0 Å². The Morgan fingerprint density at radius 2 is 1.41 bits per heavy atom. The quantitative estimate of drug-likeness (QED) is 0.529. The maximum atomic E-state index is 13.5. The highest BCUT2D eigenvalue weighted by molar-refractivity contribution is 5.93. The van der Waals surface area contributed by atoms with Gasteiger partial charge < -0.3 is 26.6 Å². The lowest BCUT2D eigenvalue weighted by Crippen LogP contribution is -3.00. The fourth-order valence-corrected chi connectivity index (χ4v) is 5.12. The molecule has 6 heteroatoms. The molecule has 174 valence electrons. The predicted octanol–water partition coefficient (Wildman–Crippen LogP) is 1.25. The van der Waals surface area contributed by atoms with Crippen molar-refractivity contribution in [3.63, 3.8) is 0 Å². The summed E-state index contributed by atoms with van der Waals surface area (Å²) in [6.07, 6.45) is 4.08. The van der Waals surface area contributed by atoms with Crippen LogP contribution >= 0.6 is 0 Å². The summed E-state index contributed by atoms with van der Waals surface area (Å²) < 4.78 is 16.9. The van der Waals surface area contributed by atoms with Gasteiger partial charge >= 0.3 is 5.97 Å². The van der Waals surface area contributed by atoms with Gasteiger partial charge in [0.15, 0.2) is 0 Å². The normalized spacial score (nSPS) is 19.8. The molecule has 0 aromatic heterocycles. The van der Waals surface area contributed by atoms with E-state index >= 15 is 0 Å². The van der Waals surface area contributed by atoms with Crippen LogP contribution in [0.4, 0.5) is 0 Å². The van der Waals surface area contributed by atoms with Gasteiger partial charge in [0.25, 0.3) is 0 Å². The summed E-state index contributed by atoms with van der Waals surface area (Å²) in [6, 6.07) is 16.6. The Balaban J connectivity index is 0.00000289. The molecule has 5 nitrogen and oxygen atoms in total. The number of hydrogen-bond acceptors (Lipinski definition) is 5. The number of carbonyl (C=O) groups is 1. The lowest BCUT2D eigenvalue weighted by Gasteiger charge is -2.39. The minimum atomic E-state index is -0.346. The molecule has 4 rings (SSSR count). The SMILES string of the molecule is COCCN(CCOC)C1CCCCC1OC(=O)C1c2ccccc2-c2ccccc21.[Cl-]. The number of benzene rings is 2. The molecule has 2 unspecified atom stereocenters. The van der Waals surface area contributed by atoms with Crippen molar-refractivity contribution >= 4 is 5.97 Å². The second-order valence-electron chi connectivity index (χ2n) is 8.46. The van der Waals surface area contributed by atoms with Gasteiger partial charge in [-0.2, -0.15) is 0 Å². The molecule has 0 N–H and O–H groups in total. The van der Waals surface area contributed by atoms with Gasteiger partial charge in [-0.15, -0.1) is 0 Å². The number of hydrogen-bond donors (Lipinski definition) is 0. The summed E-state index contributed by atoms with van der Waals surface area (Å²) >= 11 is 0. The van der Waals surface area contributed by atoms with E-state index in [1.54, 1.807) is 14.2 Å². The zero-order valence-corrected chi connectivity index (χ0v) is 19.7. The van der Waals surface area contributed by atoms with Gasteiger partial charge in [0.2, 0.25) is 0 Å². The van der Waals surface area contributed by atoms with E-state index in [0.29, 0.717) is 13.2 Å². The van der Waals surface area contributed by atoms with Gasteiger partial charge in [-0.1, -0.05) is 55.0 Å². The standard InChI is InChI=1S/C26H33NO4.ClH/c1-29-17-15-27(16-18-30-2)23-13-7-8-14-24(23)31-26(28)25-21-11-5-3-9-19(21)20-10-4-6-12-22(20)25;/h3-6,9-12,23-25H,7-8,13-18H2,1-2H3;1H/p-1. The Labute approximate surface area is 197 Å². The zero-order valence-electron chi connectivity index (χ0n) is 19.0. The van der Waals surface area contributed by atoms with Gasteiger partial charge in [-0.3, -0.25) is 9.69 Å². The lowest BCUT2D eigenvalue weighted by molar-refractivity contribution is -0.155. The second kappa shape index (κ2) is 11.8. The molecule has 0 spiro atoms. The summed E-state index contributed by atoms with van der Waals surface area (Å²) in [5.41, 5.74) is 4.39. The highest BCUT2D eigenvalue weighted by atomic mass is 35.5. The number of rotatable bonds is 9. The van der Waals surface area contributed by atoms with Gasteiger partial charge in [-0.05, 0) is 41.5 Å². The van der Waals surface area contributed by atoms with E-state index in [1.807, 2.05) is 24.3 Å². The van der Waals surface area contributed by atoms with E-state index in [1.165, 1.54) is 0 Å². The maximum Gasteiger partial charge on any atom is 0.318 e. The van der Waals surface area contributed by atoms with Crippen molar-refractivity contribution in [2.45, 2.75) is 43.7 Å². The molecule has 0 bridgehead atoms. The minimum Gasteiger partial charge on any atom is -1.00 e. The Morgan fingerprint density at radius 3 is 1.97 bits per heavy atom. The predicted molar refractivity (Wildman–Crippen MR) is 121 cm³/mol. The second-order valence-corrected chi connectivity index (χ2v) is 8.46. The molecular weight excluding hydrogens is 426 g/mol. The Kier molecular flexibility index (Phi) is 9.11. The van der Waals surface area contributed by atoms with Crippen LogP contribution in [0.2, 0.25) is 0 Å². The molecule has 2 atom stereocenters. The van der Waals surface area contributed by atoms with Crippen molar-refractivity contribution < 1.29 is 31.4 Å². The number of carbonyl (C=O) groups excluding carboxylic acids is 1. The average Bonchev–Trinajstić information content (AvgIpc) is 3.14. The van der Waals surface area contributed by atoms with Crippen LogP contribution in [0.15, 0.2) is 48.5 Å². The first kappa shape index (κ1) is 24.7. The number of fused-ring (bicyclic) bond motifs is 3.